The molecule has 0 saturated heterocycles. The van der Waals surface area contributed by atoms with Gasteiger partial charge in [0.2, 0.25) is 0 Å². The molecule has 12 aromatic rings. The van der Waals surface area contributed by atoms with E-state index in [9.17, 15) is 0 Å². The normalized spacial score (nSPS) is 11.6. The van der Waals surface area contributed by atoms with Crippen LogP contribution in [0.1, 0.15) is 10.4 Å². The van der Waals surface area contributed by atoms with Gasteiger partial charge in [-0.15, -0.1) is 34.0 Å². The maximum absolute atomic E-state index is 5.12. The molecular formula is C50H31Cl2N7RuS3. The number of fused-ring (bicyclic) bond motifs is 12. The molecule has 1 aliphatic rings. The number of aliphatic imine (C=N–C) groups is 1. The van der Waals surface area contributed by atoms with Gasteiger partial charge in [-0.1, -0.05) is 60.7 Å². The molecular weight excluding hydrogens is 967 g/mol. The topological polar surface area (TPSA) is 89.7 Å². The van der Waals surface area contributed by atoms with E-state index in [4.69, 9.17) is 4.99 Å². The molecule has 0 radical (unpaired) electrons. The molecule has 3 aromatic carbocycles. The Balaban J connectivity index is 0.000000135. The van der Waals surface area contributed by atoms with Crippen molar-refractivity contribution < 1.29 is 19.5 Å². The Hall–Kier alpha value is -5.91. The van der Waals surface area contributed by atoms with Gasteiger partial charge in [-0.25, -0.2) is 0 Å². The Kier molecular flexibility index (Phi) is 12.9. The summed E-state index contributed by atoms with van der Waals surface area (Å²) in [5.74, 6) is 0. The minimum absolute atomic E-state index is 0. The maximum Gasteiger partial charge on any atom is 0.0986 e. The third-order valence-corrected chi connectivity index (χ3v) is 14.0. The molecule has 63 heavy (non-hydrogen) atoms. The monoisotopic (exact) mass is 997 g/mol. The SMILES string of the molecule is ClCl.[Ru].c1cnc2c(c1)ccc1cccnc12.c1cnc2c(c1)ccc1cccnc12.c1csc(-c2ccc(-c3ccc(C4=Nc5c(c6cccnc6c6ncccc56)C4)s3)s2)c1. The number of hydrogen-bond acceptors (Lipinski definition) is 10. The van der Waals surface area contributed by atoms with E-state index in [0.717, 1.165) is 83.2 Å². The van der Waals surface area contributed by atoms with Gasteiger partial charge < -0.3 is 0 Å². The molecule has 0 N–H and O–H groups in total. The molecule has 0 spiro atoms. The molecule has 13 heteroatoms. The quantitative estimate of drug-likeness (QED) is 0.129. The second-order valence-electron chi connectivity index (χ2n) is 14.1. The summed E-state index contributed by atoms with van der Waals surface area (Å²) in [5, 5.41) is 8.92. The molecule has 0 aliphatic carbocycles. The summed E-state index contributed by atoms with van der Waals surface area (Å²) in [5.41, 5.74) is 9.24. The van der Waals surface area contributed by atoms with Crippen molar-refractivity contribution in [1.82, 2.24) is 29.9 Å². The number of nitrogens with zero attached hydrogens (tertiary/aromatic N) is 7. The number of halogens is 2. The van der Waals surface area contributed by atoms with E-state index in [1.807, 2.05) is 71.5 Å². The van der Waals surface area contributed by atoms with Gasteiger partial charge in [0.25, 0.3) is 0 Å². The summed E-state index contributed by atoms with van der Waals surface area (Å²) >= 11 is 5.47. The molecule has 1 aliphatic heterocycles. The van der Waals surface area contributed by atoms with Crippen LogP contribution in [0.5, 0.6) is 0 Å². The van der Waals surface area contributed by atoms with Crippen molar-refractivity contribution in [3.63, 3.8) is 0 Å². The molecule has 10 heterocycles. The number of benzene rings is 3. The van der Waals surface area contributed by atoms with E-state index >= 15 is 0 Å². The zero-order valence-electron chi connectivity index (χ0n) is 32.9. The fraction of sp³-hybridized carbons (Fsp3) is 0.0200. The molecule has 7 nitrogen and oxygen atoms in total. The van der Waals surface area contributed by atoms with Gasteiger partial charge in [0.05, 0.1) is 44.5 Å². The van der Waals surface area contributed by atoms with Crippen LogP contribution in [0.4, 0.5) is 5.69 Å². The van der Waals surface area contributed by atoms with Gasteiger partial charge in [-0.3, -0.25) is 34.9 Å². The Labute approximate surface area is 396 Å². The van der Waals surface area contributed by atoms with Gasteiger partial charge in [0, 0.05) is 141 Å². The molecule has 0 unspecified atom stereocenters. The van der Waals surface area contributed by atoms with Crippen LogP contribution in [0, 0.1) is 0 Å². The van der Waals surface area contributed by atoms with Gasteiger partial charge in [0.1, 0.15) is 0 Å². The van der Waals surface area contributed by atoms with E-state index in [0.29, 0.717) is 0 Å². The number of thiophene rings is 3. The third-order valence-electron chi connectivity index (χ3n) is 10.5. The minimum atomic E-state index is 0. The first-order valence-corrected chi connectivity index (χ1v) is 23.2. The predicted octanol–water partition coefficient (Wildman–Crippen LogP) is 14.9. The van der Waals surface area contributed by atoms with Crippen molar-refractivity contribution in [3.8, 4) is 19.5 Å². The van der Waals surface area contributed by atoms with Crippen molar-refractivity contribution in [3.05, 3.63) is 186 Å². The van der Waals surface area contributed by atoms with Crippen molar-refractivity contribution in [2.24, 2.45) is 4.99 Å². The summed E-state index contributed by atoms with van der Waals surface area (Å²) in [7, 11) is 8.22. The van der Waals surface area contributed by atoms with Crippen LogP contribution in [0.3, 0.4) is 0 Å². The molecule has 306 valence electrons. The van der Waals surface area contributed by atoms with E-state index in [2.05, 4.69) is 154 Å². The van der Waals surface area contributed by atoms with Gasteiger partial charge >= 0.3 is 0 Å². The summed E-state index contributed by atoms with van der Waals surface area (Å²) in [4.78, 5) is 38.3. The van der Waals surface area contributed by atoms with E-state index in [1.54, 1.807) is 36.1 Å². The molecule has 0 atom stereocenters. The van der Waals surface area contributed by atoms with Crippen molar-refractivity contribution >= 4 is 133 Å². The molecule has 9 aromatic heterocycles. The Morgan fingerprint density at radius 3 is 1.25 bits per heavy atom. The molecule has 13 rings (SSSR count). The minimum Gasteiger partial charge on any atom is -0.254 e. The van der Waals surface area contributed by atoms with Gasteiger partial charge in [0.15, 0.2) is 0 Å². The van der Waals surface area contributed by atoms with E-state index in [-0.39, 0.29) is 19.5 Å². The van der Waals surface area contributed by atoms with Crippen LogP contribution < -0.4 is 0 Å². The molecule has 0 saturated carbocycles. The number of aromatic nitrogens is 6. The number of rotatable bonds is 3. The van der Waals surface area contributed by atoms with Crippen molar-refractivity contribution in [1.29, 1.82) is 0 Å². The number of hydrogen-bond donors (Lipinski definition) is 0. The second kappa shape index (κ2) is 19.2. The van der Waals surface area contributed by atoms with Crippen LogP contribution in [-0.4, -0.2) is 35.6 Å². The van der Waals surface area contributed by atoms with E-state index in [1.165, 1.54) is 29.9 Å². The van der Waals surface area contributed by atoms with Crippen LogP contribution in [-0.2, 0) is 25.9 Å². The first kappa shape index (κ1) is 42.4. The average Bonchev–Trinajstić information content (AvgIpc) is 4.21. The Bertz CT molecular complexity index is 3350. The van der Waals surface area contributed by atoms with Crippen LogP contribution in [0.15, 0.2) is 181 Å². The van der Waals surface area contributed by atoms with Gasteiger partial charge in [-0.05, 0) is 83.7 Å². The first-order valence-electron chi connectivity index (χ1n) is 19.5. The standard InChI is InChI=1S/C26H15N3S3.2C12H8N2.Cl2.Ru/c1-4-15-17-14-18(29-24(17)16-5-2-12-28-26(16)25(15)27-11-1)19-7-8-22(31-19)23-10-9-21(32-23)20-6-3-13-30-20;2*1-3-9-5-6-10-4-2-8-14-12(10)11(9)13-7-1;1-2;/h1-13H,14H2;2*1-8H;;. The smallest absolute Gasteiger partial charge is 0.0986 e. The molecule has 0 fully saturated rings. The third kappa shape index (κ3) is 8.48. The Morgan fingerprint density at radius 1 is 0.381 bits per heavy atom. The van der Waals surface area contributed by atoms with Crippen LogP contribution in [0.2, 0.25) is 0 Å². The summed E-state index contributed by atoms with van der Waals surface area (Å²) < 4.78 is 0. The fourth-order valence-corrected chi connectivity index (χ4v) is 10.6. The zero-order valence-corrected chi connectivity index (χ0v) is 38.6. The van der Waals surface area contributed by atoms with Crippen LogP contribution >= 0.6 is 55.7 Å². The first-order chi connectivity index (χ1) is 30.7. The molecule has 0 amide bonds. The Morgan fingerprint density at radius 2 is 0.778 bits per heavy atom. The van der Waals surface area contributed by atoms with Crippen molar-refractivity contribution in [2.75, 3.05) is 0 Å². The largest absolute Gasteiger partial charge is 0.254 e. The maximum atomic E-state index is 5.12. The summed E-state index contributed by atoms with van der Waals surface area (Å²) in [6.45, 7) is 0. The van der Waals surface area contributed by atoms with Gasteiger partial charge in [-0.2, -0.15) is 0 Å². The zero-order chi connectivity index (χ0) is 41.8. The van der Waals surface area contributed by atoms with Crippen molar-refractivity contribution in [2.45, 2.75) is 6.42 Å². The number of pyridine rings is 6. The summed E-state index contributed by atoms with van der Waals surface area (Å²) in [6, 6.07) is 45.7. The van der Waals surface area contributed by atoms with Crippen LogP contribution in [0.25, 0.3) is 84.9 Å². The fourth-order valence-electron chi connectivity index (χ4n) is 7.71. The average molecular weight is 998 g/mol. The summed E-state index contributed by atoms with van der Waals surface area (Å²) in [6.07, 6.45) is 11.7. The van der Waals surface area contributed by atoms with E-state index < -0.39 is 0 Å². The molecule has 0 bridgehead atoms. The predicted molar refractivity (Wildman–Crippen MR) is 264 cm³/mol. The second-order valence-corrected chi connectivity index (χ2v) is 17.2.